The molecule has 3 rings (SSSR count). The first-order valence-electron chi connectivity index (χ1n) is 6.70. The molecule has 1 heterocycles. The molecule has 0 aromatic heterocycles. The Labute approximate surface area is 112 Å². The highest BCUT2D eigenvalue weighted by Crippen LogP contribution is 2.45. The molecule has 0 radical (unpaired) electrons. The van der Waals surface area contributed by atoms with Gasteiger partial charge in [0.25, 0.3) is 0 Å². The normalized spacial score (nSPS) is 19.4. The number of hydrogen-bond donors (Lipinski definition) is 0. The van der Waals surface area contributed by atoms with E-state index in [4.69, 9.17) is 14.2 Å². The van der Waals surface area contributed by atoms with Crippen LogP contribution >= 0.6 is 0 Å². The van der Waals surface area contributed by atoms with Crippen molar-refractivity contribution in [2.45, 2.75) is 25.7 Å². The van der Waals surface area contributed by atoms with Gasteiger partial charge < -0.3 is 14.2 Å². The Morgan fingerprint density at radius 1 is 1.26 bits per heavy atom. The number of carbonyl (C=O) groups is 1. The molecule has 0 N–H and O–H groups in total. The van der Waals surface area contributed by atoms with E-state index in [0.29, 0.717) is 13.2 Å². The molecule has 1 aliphatic heterocycles. The molecule has 0 spiro atoms. The SMILES string of the molecule is COC(=O)C1(Cc2ccc3c(c2)OCCO3)CCC1. The number of benzene rings is 1. The first-order chi connectivity index (χ1) is 9.23. The smallest absolute Gasteiger partial charge is 0.312 e. The van der Waals surface area contributed by atoms with Crippen LogP contribution in [0.1, 0.15) is 24.8 Å². The molecule has 0 atom stereocenters. The lowest BCUT2D eigenvalue weighted by Crippen LogP contribution is -2.40. The van der Waals surface area contributed by atoms with E-state index < -0.39 is 0 Å². The van der Waals surface area contributed by atoms with Crippen molar-refractivity contribution in [3.63, 3.8) is 0 Å². The van der Waals surface area contributed by atoms with Gasteiger partial charge in [-0.2, -0.15) is 0 Å². The van der Waals surface area contributed by atoms with Crippen molar-refractivity contribution in [3.8, 4) is 11.5 Å². The maximum atomic E-state index is 11.9. The van der Waals surface area contributed by atoms with Crippen LogP contribution in [0.5, 0.6) is 11.5 Å². The average Bonchev–Trinajstić information content (AvgIpc) is 2.42. The minimum Gasteiger partial charge on any atom is -0.486 e. The van der Waals surface area contributed by atoms with E-state index in [1.807, 2.05) is 18.2 Å². The van der Waals surface area contributed by atoms with Gasteiger partial charge in [0, 0.05) is 0 Å². The molecule has 0 amide bonds. The van der Waals surface area contributed by atoms with Crippen molar-refractivity contribution >= 4 is 5.97 Å². The van der Waals surface area contributed by atoms with E-state index in [9.17, 15) is 4.79 Å². The zero-order chi connectivity index (χ0) is 13.3. The summed E-state index contributed by atoms with van der Waals surface area (Å²) in [5, 5.41) is 0. The molecule has 0 unspecified atom stereocenters. The van der Waals surface area contributed by atoms with Gasteiger partial charge >= 0.3 is 5.97 Å². The quantitative estimate of drug-likeness (QED) is 0.784. The number of rotatable bonds is 3. The summed E-state index contributed by atoms with van der Waals surface area (Å²) < 4.78 is 16.0. The number of methoxy groups -OCH3 is 1. The average molecular weight is 262 g/mol. The lowest BCUT2D eigenvalue weighted by Gasteiger charge is -2.39. The molecule has 4 heteroatoms. The highest BCUT2D eigenvalue weighted by Gasteiger charge is 2.45. The van der Waals surface area contributed by atoms with Gasteiger partial charge in [0.2, 0.25) is 0 Å². The largest absolute Gasteiger partial charge is 0.486 e. The highest BCUT2D eigenvalue weighted by atomic mass is 16.6. The fourth-order valence-corrected chi connectivity index (χ4v) is 2.86. The molecule has 1 aliphatic carbocycles. The van der Waals surface area contributed by atoms with Gasteiger partial charge in [-0.05, 0) is 37.0 Å². The van der Waals surface area contributed by atoms with Crippen LogP contribution in [0.3, 0.4) is 0 Å². The summed E-state index contributed by atoms with van der Waals surface area (Å²) >= 11 is 0. The lowest BCUT2D eigenvalue weighted by atomic mass is 9.65. The molecule has 19 heavy (non-hydrogen) atoms. The lowest BCUT2D eigenvalue weighted by molar-refractivity contribution is -0.158. The zero-order valence-corrected chi connectivity index (χ0v) is 11.1. The van der Waals surface area contributed by atoms with Crippen molar-refractivity contribution in [2.24, 2.45) is 5.41 Å². The minimum absolute atomic E-state index is 0.0892. The summed E-state index contributed by atoms with van der Waals surface area (Å²) in [6, 6.07) is 5.92. The maximum absolute atomic E-state index is 11.9. The third-order valence-electron chi connectivity index (χ3n) is 4.08. The molecule has 0 bridgehead atoms. The second-order valence-corrected chi connectivity index (χ2v) is 5.28. The van der Waals surface area contributed by atoms with Crippen molar-refractivity contribution in [1.29, 1.82) is 0 Å². The summed E-state index contributed by atoms with van der Waals surface area (Å²) in [6.45, 7) is 1.18. The van der Waals surface area contributed by atoms with Gasteiger partial charge in [-0.25, -0.2) is 0 Å². The minimum atomic E-state index is -0.321. The number of carbonyl (C=O) groups excluding carboxylic acids is 1. The van der Waals surface area contributed by atoms with E-state index in [1.54, 1.807) is 0 Å². The molecular formula is C15H18O4. The van der Waals surface area contributed by atoms with Crippen LogP contribution in [-0.2, 0) is 16.0 Å². The second kappa shape index (κ2) is 4.76. The monoisotopic (exact) mass is 262 g/mol. The number of ether oxygens (including phenoxy) is 3. The van der Waals surface area contributed by atoms with E-state index >= 15 is 0 Å². The number of hydrogen-bond acceptors (Lipinski definition) is 4. The van der Waals surface area contributed by atoms with Crippen LogP contribution in [0.15, 0.2) is 18.2 Å². The Bertz CT molecular complexity index is 491. The fraction of sp³-hybridized carbons (Fsp3) is 0.533. The van der Waals surface area contributed by atoms with E-state index in [2.05, 4.69) is 0 Å². The van der Waals surface area contributed by atoms with Gasteiger partial charge in [-0.3, -0.25) is 4.79 Å². The van der Waals surface area contributed by atoms with Crippen molar-refractivity contribution < 1.29 is 19.0 Å². The fourth-order valence-electron chi connectivity index (χ4n) is 2.86. The van der Waals surface area contributed by atoms with Gasteiger partial charge in [0.05, 0.1) is 12.5 Å². The van der Waals surface area contributed by atoms with Crippen LogP contribution in [0, 0.1) is 5.41 Å². The predicted molar refractivity (Wildman–Crippen MR) is 69.4 cm³/mol. The summed E-state index contributed by atoms with van der Waals surface area (Å²) in [6.07, 6.45) is 3.64. The van der Waals surface area contributed by atoms with Crippen LogP contribution < -0.4 is 9.47 Å². The van der Waals surface area contributed by atoms with Gasteiger partial charge in [-0.1, -0.05) is 12.5 Å². The van der Waals surface area contributed by atoms with Crippen molar-refractivity contribution in [2.75, 3.05) is 20.3 Å². The molecule has 1 saturated carbocycles. The molecule has 1 aromatic carbocycles. The Balaban J connectivity index is 1.81. The highest BCUT2D eigenvalue weighted by molar-refractivity contribution is 5.78. The molecule has 1 aromatic rings. The summed E-state index contributed by atoms with van der Waals surface area (Å²) in [7, 11) is 1.46. The zero-order valence-electron chi connectivity index (χ0n) is 11.1. The van der Waals surface area contributed by atoms with Gasteiger partial charge in [0.15, 0.2) is 11.5 Å². The Kier molecular flexibility index (Phi) is 3.09. The van der Waals surface area contributed by atoms with E-state index in [-0.39, 0.29) is 11.4 Å². The topological polar surface area (TPSA) is 44.8 Å². The van der Waals surface area contributed by atoms with Crippen LogP contribution in [-0.4, -0.2) is 26.3 Å². The molecule has 102 valence electrons. The van der Waals surface area contributed by atoms with Crippen LogP contribution in [0.2, 0.25) is 0 Å². The van der Waals surface area contributed by atoms with Crippen LogP contribution in [0.25, 0.3) is 0 Å². The molecule has 2 aliphatic rings. The molecule has 0 saturated heterocycles. The summed E-state index contributed by atoms with van der Waals surface area (Å²) in [5.74, 6) is 1.48. The summed E-state index contributed by atoms with van der Waals surface area (Å²) in [4.78, 5) is 11.9. The predicted octanol–water partition coefficient (Wildman–Crippen LogP) is 2.34. The third kappa shape index (κ3) is 2.15. The first-order valence-corrected chi connectivity index (χ1v) is 6.70. The number of fused-ring (bicyclic) bond motifs is 1. The Hall–Kier alpha value is -1.71. The Morgan fingerprint density at radius 2 is 2.00 bits per heavy atom. The van der Waals surface area contributed by atoms with E-state index in [1.165, 1.54) is 7.11 Å². The van der Waals surface area contributed by atoms with E-state index in [0.717, 1.165) is 42.7 Å². The van der Waals surface area contributed by atoms with Gasteiger partial charge in [-0.15, -0.1) is 0 Å². The van der Waals surface area contributed by atoms with Crippen LogP contribution in [0.4, 0.5) is 0 Å². The molecular weight excluding hydrogens is 244 g/mol. The van der Waals surface area contributed by atoms with Gasteiger partial charge in [0.1, 0.15) is 13.2 Å². The number of esters is 1. The Morgan fingerprint density at radius 3 is 2.63 bits per heavy atom. The summed E-state index contributed by atoms with van der Waals surface area (Å²) in [5.41, 5.74) is 0.785. The van der Waals surface area contributed by atoms with Crippen molar-refractivity contribution in [3.05, 3.63) is 23.8 Å². The van der Waals surface area contributed by atoms with Crippen molar-refractivity contribution in [1.82, 2.24) is 0 Å². The third-order valence-corrected chi connectivity index (χ3v) is 4.08. The molecule has 4 nitrogen and oxygen atoms in total. The maximum Gasteiger partial charge on any atom is 0.312 e. The molecule has 1 fully saturated rings. The first kappa shape index (κ1) is 12.3. The second-order valence-electron chi connectivity index (χ2n) is 5.28. The standard InChI is InChI=1S/C15H18O4/c1-17-14(16)15(5-2-6-15)10-11-3-4-12-13(9-11)19-8-7-18-12/h3-4,9H,2,5-8,10H2,1H3.